The molecule has 2 atom stereocenters. The van der Waals surface area contributed by atoms with Crippen molar-refractivity contribution >= 4 is 0 Å². The van der Waals surface area contributed by atoms with Crippen molar-refractivity contribution in [3.63, 3.8) is 0 Å². The third kappa shape index (κ3) is 2.02. The molecule has 64 valence electrons. The molecule has 1 fully saturated rings. The van der Waals surface area contributed by atoms with Gasteiger partial charge in [0.2, 0.25) is 0 Å². The van der Waals surface area contributed by atoms with Gasteiger partial charge in [-0.3, -0.25) is 4.90 Å². The maximum absolute atomic E-state index is 9.40. The molecule has 0 saturated carbocycles. The van der Waals surface area contributed by atoms with Gasteiger partial charge in [0.1, 0.15) is 6.23 Å². The van der Waals surface area contributed by atoms with Crippen molar-refractivity contribution in [2.45, 2.75) is 25.2 Å². The minimum absolute atomic E-state index is 0.580. The topological polar surface area (TPSA) is 43.7 Å². The zero-order valence-electron chi connectivity index (χ0n) is 6.61. The van der Waals surface area contributed by atoms with Crippen LogP contribution >= 0.6 is 0 Å². The molecule has 0 aromatic rings. The lowest BCUT2D eigenvalue weighted by atomic mass is 10.1. The molecule has 0 spiro atoms. The summed E-state index contributed by atoms with van der Waals surface area (Å²) in [6.45, 7) is 5.08. The summed E-state index contributed by atoms with van der Waals surface area (Å²) in [4.78, 5) is 1.82. The number of nitrogens with zero attached hydrogens (tertiary/aromatic N) is 1. The van der Waals surface area contributed by atoms with Crippen LogP contribution in [0.3, 0.4) is 0 Å². The highest BCUT2D eigenvalue weighted by Gasteiger charge is 2.26. The van der Waals surface area contributed by atoms with E-state index in [0.717, 1.165) is 13.0 Å². The molecule has 2 unspecified atom stereocenters. The van der Waals surface area contributed by atoms with Crippen LogP contribution in [0.2, 0.25) is 0 Å². The summed E-state index contributed by atoms with van der Waals surface area (Å²) in [5.74, 6) is 0. The van der Waals surface area contributed by atoms with Crippen LogP contribution in [0, 0.1) is 0 Å². The van der Waals surface area contributed by atoms with E-state index in [-0.39, 0.29) is 0 Å². The lowest BCUT2D eigenvalue weighted by molar-refractivity contribution is -0.102. The van der Waals surface area contributed by atoms with E-state index in [2.05, 4.69) is 6.58 Å². The first-order chi connectivity index (χ1) is 5.25. The van der Waals surface area contributed by atoms with E-state index in [9.17, 15) is 10.2 Å². The quantitative estimate of drug-likeness (QED) is 0.552. The van der Waals surface area contributed by atoms with Gasteiger partial charge in [0.25, 0.3) is 0 Å². The van der Waals surface area contributed by atoms with Gasteiger partial charge < -0.3 is 10.2 Å². The molecule has 1 saturated heterocycles. The molecule has 3 nitrogen and oxygen atoms in total. The molecule has 0 aliphatic carbocycles. The van der Waals surface area contributed by atoms with Gasteiger partial charge in [0, 0.05) is 13.1 Å². The molecular weight excluding hydrogens is 142 g/mol. The lowest BCUT2D eigenvalue weighted by Crippen LogP contribution is -2.47. The van der Waals surface area contributed by atoms with Gasteiger partial charge in [-0.1, -0.05) is 6.08 Å². The Morgan fingerprint density at radius 3 is 2.91 bits per heavy atom. The van der Waals surface area contributed by atoms with Gasteiger partial charge in [-0.2, -0.15) is 0 Å². The van der Waals surface area contributed by atoms with Crippen molar-refractivity contribution in [1.29, 1.82) is 0 Å². The van der Waals surface area contributed by atoms with Crippen molar-refractivity contribution in [1.82, 2.24) is 4.90 Å². The first-order valence-corrected chi connectivity index (χ1v) is 3.97. The summed E-state index contributed by atoms with van der Waals surface area (Å²) in [7, 11) is 0. The second-order valence-corrected chi connectivity index (χ2v) is 2.91. The predicted octanol–water partition coefficient (Wildman–Crippen LogP) is -0.0525. The van der Waals surface area contributed by atoms with Crippen LogP contribution in [-0.2, 0) is 0 Å². The number of rotatable bonds is 2. The van der Waals surface area contributed by atoms with E-state index in [0.29, 0.717) is 13.0 Å². The highest BCUT2D eigenvalue weighted by atomic mass is 16.3. The zero-order chi connectivity index (χ0) is 8.27. The second-order valence-electron chi connectivity index (χ2n) is 2.91. The van der Waals surface area contributed by atoms with E-state index < -0.39 is 12.3 Å². The van der Waals surface area contributed by atoms with Crippen LogP contribution < -0.4 is 0 Å². The van der Waals surface area contributed by atoms with Gasteiger partial charge >= 0.3 is 0 Å². The summed E-state index contributed by atoms with van der Waals surface area (Å²) < 4.78 is 0. The normalized spacial score (nSPS) is 33.6. The monoisotopic (exact) mass is 157 g/mol. The minimum Gasteiger partial charge on any atom is -0.389 e. The summed E-state index contributed by atoms with van der Waals surface area (Å²) in [6.07, 6.45) is 2.12. The van der Waals surface area contributed by atoms with Crippen LogP contribution in [0.1, 0.15) is 12.8 Å². The van der Waals surface area contributed by atoms with Crippen molar-refractivity contribution in [3.05, 3.63) is 12.7 Å². The number of aliphatic hydroxyl groups is 2. The zero-order valence-corrected chi connectivity index (χ0v) is 6.61. The third-order valence-corrected chi connectivity index (χ3v) is 2.03. The van der Waals surface area contributed by atoms with Gasteiger partial charge in [0.05, 0.1) is 6.10 Å². The van der Waals surface area contributed by atoms with Crippen molar-refractivity contribution in [2.75, 3.05) is 13.1 Å². The molecule has 0 bridgehead atoms. The molecule has 1 aliphatic heterocycles. The van der Waals surface area contributed by atoms with E-state index in [1.807, 2.05) is 4.90 Å². The summed E-state index contributed by atoms with van der Waals surface area (Å²) >= 11 is 0. The van der Waals surface area contributed by atoms with Crippen molar-refractivity contribution in [3.8, 4) is 0 Å². The van der Waals surface area contributed by atoms with E-state index >= 15 is 0 Å². The standard InChI is InChI=1S/C8H15NO2/c1-2-5-9-6-3-4-7(10)8(9)11/h2,7-8,10-11H,1,3-6H2. The van der Waals surface area contributed by atoms with Crippen molar-refractivity contribution in [2.24, 2.45) is 0 Å². The number of likely N-dealkylation sites (tertiary alicyclic amines) is 1. The maximum Gasteiger partial charge on any atom is 0.133 e. The Kier molecular flexibility index (Phi) is 3.05. The Bertz CT molecular complexity index is 138. The van der Waals surface area contributed by atoms with Gasteiger partial charge in [-0.25, -0.2) is 0 Å². The summed E-state index contributed by atoms with van der Waals surface area (Å²) in [5.41, 5.74) is 0. The highest BCUT2D eigenvalue weighted by Crippen LogP contribution is 2.14. The first-order valence-electron chi connectivity index (χ1n) is 3.97. The fourth-order valence-corrected chi connectivity index (χ4v) is 1.39. The van der Waals surface area contributed by atoms with E-state index in [1.54, 1.807) is 6.08 Å². The molecule has 0 amide bonds. The van der Waals surface area contributed by atoms with Crippen molar-refractivity contribution < 1.29 is 10.2 Å². The van der Waals surface area contributed by atoms with Crippen LogP contribution in [0.15, 0.2) is 12.7 Å². The predicted molar refractivity (Wildman–Crippen MR) is 43.0 cm³/mol. The Morgan fingerprint density at radius 1 is 1.55 bits per heavy atom. The Balaban J connectivity index is 2.43. The number of aliphatic hydroxyl groups excluding tert-OH is 2. The molecule has 1 aliphatic rings. The number of piperidine rings is 1. The van der Waals surface area contributed by atoms with Crippen LogP contribution in [0.5, 0.6) is 0 Å². The maximum atomic E-state index is 9.40. The average molecular weight is 157 g/mol. The molecule has 1 heterocycles. The Labute approximate surface area is 66.9 Å². The molecule has 11 heavy (non-hydrogen) atoms. The fourth-order valence-electron chi connectivity index (χ4n) is 1.39. The summed E-state index contributed by atoms with van der Waals surface area (Å²) in [5, 5.41) is 18.6. The molecule has 3 heteroatoms. The largest absolute Gasteiger partial charge is 0.389 e. The van der Waals surface area contributed by atoms with Gasteiger partial charge in [-0.15, -0.1) is 6.58 Å². The average Bonchev–Trinajstić information content (AvgIpc) is 1.99. The smallest absolute Gasteiger partial charge is 0.133 e. The molecule has 2 N–H and O–H groups in total. The van der Waals surface area contributed by atoms with Gasteiger partial charge in [-0.05, 0) is 12.8 Å². The molecule has 1 rings (SSSR count). The van der Waals surface area contributed by atoms with Crippen LogP contribution in [-0.4, -0.2) is 40.5 Å². The van der Waals surface area contributed by atoms with Crippen LogP contribution in [0.25, 0.3) is 0 Å². The Hall–Kier alpha value is -0.380. The fraction of sp³-hybridized carbons (Fsp3) is 0.750. The SMILES string of the molecule is C=CCN1CCCC(O)C1O. The number of hydrogen-bond donors (Lipinski definition) is 2. The van der Waals surface area contributed by atoms with Crippen LogP contribution in [0.4, 0.5) is 0 Å². The minimum atomic E-state index is -0.693. The molecule has 0 aromatic carbocycles. The first kappa shape index (κ1) is 8.71. The second kappa shape index (κ2) is 3.85. The number of hydrogen-bond acceptors (Lipinski definition) is 3. The molecule has 0 aromatic heterocycles. The van der Waals surface area contributed by atoms with Gasteiger partial charge in [0.15, 0.2) is 0 Å². The Morgan fingerprint density at radius 2 is 2.27 bits per heavy atom. The third-order valence-electron chi connectivity index (χ3n) is 2.03. The lowest BCUT2D eigenvalue weighted by Gasteiger charge is -2.34. The van der Waals surface area contributed by atoms with E-state index in [4.69, 9.17) is 0 Å². The molecule has 0 radical (unpaired) electrons. The highest BCUT2D eigenvalue weighted by molar-refractivity contribution is 4.81. The molecular formula is C8H15NO2. The van der Waals surface area contributed by atoms with E-state index in [1.165, 1.54) is 0 Å². The summed E-state index contributed by atoms with van der Waals surface area (Å²) in [6, 6.07) is 0.